The number of nitrogens with two attached hydrogens (primary N) is 1. The first-order valence-corrected chi connectivity index (χ1v) is 4.27. The summed E-state index contributed by atoms with van der Waals surface area (Å²) < 4.78 is 0. The second-order valence-corrected chi connectivity index (χ2v) is 3.51. The zero-order chi connectivity index (χ0) is 9.59. The first-order valence-electron chi connectivity index (χ1n) is 4.27. The molecule has 3 heteroatoms. The van der Waals surface area contributed by atoms with Gasteiger partial charge in [-0.2, -0.15) is 0 Å². The van der Waals surface area contributed by atoms with Gasteiger partial charge in [-0.15, -0.1) is 0 Å². The van der Waals surface area contributed by atoms with Crippen LogP contribution in [-0.4, -0.2) is 5.91 Å². The van der Waals surface area contributed by atoms with Crippen molar-refractivity contribution < 1.29 is 4.79 Å². The van der Waals surface area contributed by atoms with Gasteiger partial charge in [0.15, 0.2) is 0 Å². The summed E-state index contributed by atoms with van der Waals surface area (Å²) in [5, 5.41) is 2.76. The molecule has 0 fully saturated rings. The van der Waals surface area contributed by atoms with E-state index in [1.807, 2.05) is 26.0 Å². The molecule has 0 spiro atoms. The minimum absolute atomic E-state index is 0.108. The van der Waals surface area contributed by atoms with Gasteiger partial charge < -0.3 is 11.1 Å². The van der Waals surface area contributed by atoms with Crippen LogP contribution in [-0.2, 0) is 4.79 Å². The minimum atomic E-state index is -0.490. The number of hydrogen-bond acceptors (Lipinski definition) is 2. The van der Waals surface area contributed by atoms with E-state index in [9.17, 15) is 4.79 Å². The van der Waals surface area contributed by atoms with Crippen molar-refractivity contribution in [1.82, 2.24) is 0 Å². The van der Waals surface area contributed by atoms with E-state index in [4.69, 9.17) is 5.73 Å². The Morgan fingerprint density at radius 2 is 2.08 bits per heavy atom. The Balaban J connectivity index is 2.64. The van der Waals surface area contributed by atoms with Crippen LogP contribution >= 0.6 is 0 Å². The van der Waals surface area contributed by atoms with Crippen molar-refractivity contribution in [2.75, 3.05) is 5.32 Å². The number of benzene rings is 1. The molecule has 0 saturated heterocycles. The van der Waals surface area contributed by atoms with Crippen molar-refractivity contribution in [3.8, 4) is 0 Å². The molecule has 1 heterocycles. The summed E-state index contributed by atoms with van der Waals surface area (Å²) in [6.07, 6.45) is 0. The Kier molecular flexibility index (Phi) is 1.63. The number of rotatable bonds is 0. The number of fused-ring (bicyclic) bond motifs is 1. The van der Waals surface area contributed by atoms with E-state index in [1.165, 1.54) is 0 Å². The fraction of sp³-hybridized carbons (Fsp3) is 0.300. The second-order valence-electron chi connectivity index (χ2n) is 3.51. The molecule has 3 N–H and O–H groups in total. The summed E-state index contributed by atoms with van der Waals surface area (Å²) in [5.41, 5.74) is 9.77. The molecule has 1 unspecified atom stereocenters. The molecule has 1 aromatic rings. The largest absolute Gasteiger partial charge is 0.324 e. The summed E-state index contributed by atoms with van der Waals surface area (Å²) in [5.74, 6) is -0.108. The SMILES string of the molecule is Cc1cc(C)c2c(c1)NC(=O)C2N. The fourth-order valence-electron chi connectivity index (χ4n) is 1.84. The van der Waals surface area contributed by atoms with E-state index in [2.05, 4.69) is 5.32 Å². The van der Waals surface area contributed by atoms with Crippen LogP contribution in [0.5, 0.6) is 0 Å². The maximum atomic E-state index is 11.3. The molecular weight excluding hydrogens is 164 g/mol. The topological polar surface area (TPSA) is 55.1 Å². The lowest BCUT2D eigenvalue weighted by Crippen LogP contribution is -2.20. The first-order chi connectivity index (χ1) is 6.09. The molecule has 1 amide bonds. The summed E-state index contributed by atoms with van der Waals surface area (Å²) >= 11 is 0. The van der Waals surface area contributed by atoms with E-state index >= 15 is 0 Å². The van der Waals surface area contributed by atoms with Crippen molar-refractivity contribution in [3.63, 3.8) is 0 Å². The molecule has 68 valence electrons. The van der Waals surface area contributed by atoms with Gasteiger partial charge in [-0.1, -0.05) is 6.07 Å². The van der Waals surface area contributed by atoms with Gasteiger partial charge in [-0.3, -0.25) is 4.79 Å². The van der Waals surface area contributed by atoms with E-state index in [0.29, 0.717) is 0 Å². The zero-order valence-electron chi connectivity index (χ0n) is 7.72. The number of anilines is 1. The minimum Gasteiger partial charge on any atom is -0.324 e. The van der Waals surface area contributed by atoms with Gasteiger partial charge >= 0.3 is 0 Å². The molecule has 1 aliphatic rings. The van der Waals surface area contributed by atoms with Gasteiger partial charge in [0.05, 0.1) is 0 Å². The molecule has 2 rings (SSSR count). The Labute approximate surface area is 76.9 Å². The predicted octanol–water partition coefficient (Wildman–Crippen LogP) is 1.26. The number of carbonyl (C=O) groups is 1. The number of aryl methyl sites for hydroxylation is 2. The lowest BCUT2D eigenvalue weighted by atomic mass is 10.0. The highest BCUT2D eigenvalue weighted by Crippen LogP contribution is 2.32. The molecule has 0 radical (unpaired) electrons. The standard InChI is InChI=1S/C10H12N2O/c1-5-3-6(2)8-7(4-5)12-10(13)9(8)11/h3-4,9H,11H2,1-2H3,(H,12,13). The smallest absolute Gasteiger partial charge is 0.245 e. The molecule has 0 bridgehead atoms. The van der Waals surface area contributed by atoms with Gasteiger partial charge in [-0.25, -0.2) is 0 Å². The second kappa shape index (κ2) is 2.57. The molecule has 1 aliphatic heterocycles. The Morgan fingerprint density at radius 1 is 1.38 bits per heavy atom. The summed E-state index contributed by atoms with van der Waals surface area (Å²) in [6, 6.07) is 3.50. The van der Waals surface area contributed by atoms with Crippen LogP contribution in [0.4, 0.5) is 5.69 Å². The maximum absolute atomic E-state index is 11.3. The maximum Gasteiger partial charge on any atom is 0.245 e. The predicted molar refractivity (Wildman–Crippen MR) is 51.5 cm³/mol. The Bertz CT molecular complexity index is 385. The third-order valence-corrected chi connectivity index (χ3v) is 2.38. The van der Waals surface area contributed by atoms with E-state index < -0.39 is 6.04 Å². The molecule has 0 aromatic heterocycles. The number of nitrogens with one attached hydrogen (secondary N) is 1. The fourth-order valence-corrected chi connectivity index (χ4v) is 1.84. The van der Waals surface area contributed by atoms with Gasteiger partial charge in [0.1, 0.15) is 6.04 Å². The summed E-state index contributed by atoms with van der Waals surface area (Å²) in [6.45, 7) is 3.98. The lowest BCUT2D eigenvalue weighted by Gasteiger charge is -2.06. The van der Waals surface area contributed by atoms with Crippen LogP contribution in [0.25, 0.3) is 0 Å². The van der Waals surface area contributed by atoms with Gasteiger partial charge in [-0.05, 0) is 31.0 Å². The van der Waals surface area contributed by atoms with Gasteiger partial charge in [0.2, 0.25) is 5.91 Å². The average Bonchev–Trinajstić information content (AvgIpc) is 2.27. The first kappa shape index (κ1) is 8.26. The molecular formula is C10H12N2O. The lowest BCUT2D eigenvalue weighted by molar-refractivity contribution is -0.116. The molecule has 0 saturated carbocycles. The van der Waals surface area contributed by atoms with E-state index in [1.54, 1.807) is 0 Å². The van der Waals surface area contributed by atoms with Crippen molar-refractivity contribution in [2.45, 2.75) is 19.9 Å². The van der Waals surface area contributed by atoms with Crippen molar-refractivity contribution >= 4 is 11.6 Å². The number of carbonyl (C=O) groups excluding carboxylic acids is 1. The Morgan fingerprint density at radius 3 is 2.77 bits per heavy atom. The average molecular weight is 176 g/mol. The normalized spacial score (nSPS) is 19.9. The molecule has 0 aliphatic carbocycles. The quantitative estimate of drug-likeness (QED) is 0.625. The van der Waals surface area contributed by atoms with E-state index in [-0.39, 0.29) is 5.91 Å². The van der Waals surface area contributed by atoms with Crippen LogP contribution in [0.2, 0.25) is 0 Å². The number of hydrogen-bond donors (Lipinski definition) is 2. The van der Waals surface area contributed by atoms with Crippen LogP contribution < -0.4 is 11.1 Å². The van der Waals surface area contributed by atoms with Crippen molar-refractivity contribution in [2.24, 2.45) is 5.73 Å². The third kappa shape index (κ3) is 1.12. The zero-order valence-corrected chi connectivity index (χ0v) is 7.72. The Hall–Kier alpha value is -1.35. The molecule has 13 heavy (non-hydrogen) atoms. The van der Waals surface area contributed by atoms with Crippen LogP contribution in [0, 0.1) is 13.8 Å². The van der Waals surface area contributed by atoms with Gasteiger partial charge in [0, 0.05) is 11.3 Å². The van der Waals surface area contributed by atoms with Crippen LogP contribution in [0.15, 0.2) is 12.1 Å². The van der Waals surface area contributed by atoms with Crippen LogP contribution in [0.3, 0.4) is 0 Å². The van der Waals surface area contributed by atoms with Crippen molar-refractivity contribution in [1.29, 1.82) is 0 Å². The van der Waals surface area contributed by atoms with E-state index in [0.717, 1.165) is 22.4 Å². The van der Waals surface area contributed by atoms with Crippen LogP contribution in [0.1, 0.15) is 22.7 Å². The highest BCUT2D eigenvalue weighted by atomic mass is 16.2. The summed E-state index contributed by atoms with van der Waals surface area (Å²) in [7, 11) is 0. The summed E-state index contributed by atoms with van der Waals surface area (Å²) in [4.78, 5) is 11.3. The van der Waals surface area contributed by atoms with Crippen molar-refractivity contribution in [3.05, 3.63) is 28.8 Å². The van der Waals surface area contributed by atoms with Gasteiger partial charge in [0.25, 0.3) is 0 Å². The highest BCUT2D eigenvalue weighted by Gasteiger charge is 2.28. The monoisotopic (exact) mass is 176 g/mol. The molecule has 1 atom stereocenters. The molecule has 3 nitrogen and oxygen atoms in total. The highest BCUT2D eigenvalue weighted by molar-refractivity contribution is 6.03. The third-order valence-electron chi connectivity index (χ3n) is 2.38. The molecule has 1 aromatic carbocycles. The number of amides is 1.